The van der Waals surface area contributed by atoms with Gasteiger partial charge in [0, 0.05) is 25.2 Å². The first-order valence-corrected chi connectivity index (χ1v) is 8.11. The Labute approximate surface area is 128 Å². The van der Waals surface area contributed by atoms with Crippen molar-refractivity contribution in [1.29, 1.82) is 0 Å². The van der Waals surface area contributed by atoms with Crippen molar-refractivity contribution in [1.82, 2.24) is 15.5 Å². The van der Waals surface area contributed by atoms with E-state index in [0.717, 1.165) is 38.3 Å². The van der Waals surface area contributed by atoms with E-state index in [0.29, 0.717) is 6.04 Å². The average molecular weight is 302 g/mol. The van der Waals surface area contributed by atoms with Gasteiger partial charge in [0.05, 0.1) is 6.04 Å². The summed E-state index contributed by atoms with van der Waals surface area (Å²) >= 11 is 0. The quantitative estimate of drug-likeness (QED) is 0.834. The van der Waals surface area contributed by atoms with Gasteiger partial charge in [-0.15, -0.1) is 12.4 Å². The van der Waals surface area contributed by atoms with E-state index in [4.69, 9.17) is 0 Å². The first-order chi connectivity index (χ1) is 9.33. The molecule has 3 aliphatic rings. The Bertz CT molecular complexity index is 306. The number of carbonyl (C=O) groups excluding carboxylic acids is 1. The highest BCUT2D eigenvalue weighted by molar-refractivity contribution is 5.85. The minimum absolute atomic E-state index is 0. The molecular weight excluding hydrogens is 274 g/mol. The number of rotatable bonds is 3. The van der Waals surface area contributed by atoms with Gasteiger partial charge >= 0.3 is 0 Å². The molecule has 20 heavy (non-hydrogen) atoms. The summed E-state index contributed by atoms with van der Waals surface area (Å²) < 4.78 is 0. The van der Waals surface area contributed by atoms with E-state index in [9.17, 15) is 4.79 Å². The standard InChI is InChI=1S/C15H27N3O.ClH/c19-15(14-6-3-9-16-14)17-12-7-10-18(11-8-12)13-4-1-2-5-13;/h12-14,16H,1-11H2,(H,17,19);1H/t14-;/m0./s1. The fourth-order valence-electron chi connectivity index (χ4n) is 3.89. The van der Waals surface area contributed by atoms with Crippen LogP contribution in [0.2, 0.25) is 0 Å². The van der Waals surface area contributed by atoms with E-state index in [1.165, 1.54) is 38.8 Å². The monoisotopic (exact) mass is 301 g/mol. The number of amides is 1. The molecule has 1 amide bonds. The third-order valence-corrected chi connectivity index (χ3v) is 5.09. The summed E-state index contributed by atoms with van der Waals surface area (Å²) in [5, 5.41) is 6.52. The second-order valence-corrected chi connectivity index (χ2v) is 6.41. The van der Waals surface area contributed by atoms with Crippen LogP contribution < -0.4 is 10.6 Å². The molecule has 0 unspecified atom stereocenters. The third kappa shape index (κ3) is 3.86. The van der Waals surface area contributed by atoms with Crippen molar-refractivity contribution in [2.24, 2.45) is 0 Å². The summed E-state index contributed by atoms with van der Waals surface area (Å²) in [7, 11) is 0. The van der Waals surface area contributed by atoms with E-state index in [2.05, 4.69) is 15.5 Å². The number of likely N-dealkylation sites (tertiary alicyclic amines) is 1. The van der Waals surface area contributed by atoms with Crippen molar-refractivity contribution >= 4 is 18.3 Å². The van der Waals surface area contributed by atoms with Crippen LogP contribution in [0.25, 0.3) is 0 Å². The molecule has 1 atom stereocenters. The second kappa shape index (κ2) is 7.62. The van der Waals surface area contributed by atoms with Gasteiger partial charge in [0.25, 0.3) is 0 Å². The first-order valence-electron chi connectivity index (χ1n) is 8.11. The maximum atomic E-state index is 12.1. The summed E-state index contributed by atoms with van der Waals surface area (Å²) in [5.41, 5.74) is 0. The Kier molecular flexibility index (Phi) is 6.12. The van der Waals surface area contributed by atoms with Crippen LogP contribution in [0.5, 0.6) is 0 Å². The summed E-state index contributed by atoms with van der Waals surface area (Å²) in [5.74, 6) is 0.233. The Morgan fingerprint density at radius 2 is 1.70 bits per heavy atom. The molecule has 0 spiro atoms. The Morgan fingerprint density at radius 3 is 2.30 bits per heavy atom. The van der Waals surface area contributed by atoms with E-state index >= 15 is 0 Å². The lowest BCUT2D eigenvalue weighted by Crippen LogP contribution is -2.50. The molecule has 3 rings (SSSR count). The molecule has 2 aliphatic heterocycles. The highest BCUT2D eigenvalue weighted by atomic mass is 35.5. The van der Waals surface area contributed by atoms with Crippen LogP contribution in [0.3, 0.4) is 0 Å². The van der Waals surface area contributed by atoms with Crippen LogP contribution in [0.1, 0.15) is 51.4 Å². The van der Waals surface area contributed by atoms with Gasteiger partial charge in [0.15, 0.2) is 0 Å². The van der Waals surface area contributed by atoms with Crippen LogP contribution in [-0.2, 0) is 4.79 Å². The summed E-state index contributed by atoms with van der Waals surface area (Å²) in [4.78, 5) is 14.7. The zero-order valence-electron chi connectivity index (χ0n) is 12.3. The van der Waals surface area contributed by atoms with Crippen molar-refractivity contribution in [3.8, 4) is 0 Å². The summed E-state index contributed by atoms with van der Waals surface area (Å²) in [6.07, 6.45) is 10.0. The normalized spacial score (nSPS) is 29.3. The maximum Gasteiger partial charge on any atom is 0.237 e. The number of piperidine rings is 1. The van der Waals surface area contributed by atoms with E-state index < -0.39 is 0 Å². The molecule has 0 aromatic rings. The van der Waals surface area contributed by atoms with Crippen molar-refractivity contribution in [2.75, 3.05) is 19.6 Å². The molecule has 0 aromatic carbocycles. The minimum atomic E-state index is 0. The SMILES string of the molecule is Cl.O=C(NC1CCN(C2CCCC2)CC1)[C@@H]1CCCN1. The van der Waals surface area contributed by atoms with Gasteiger partial charge in [-0.3, -0.25) is 4.79 Å². The van der Waals surface area contributed by atoms with Gasteiger partial charge in [-0.05, 0) is 45.1 Å². The van der Waals surface area contributed by atoms with E-state index in [1.54, 1.807) is 0 Å². The molecule has 2 saturated heterocycles. The fraction of sp³-hybridized carbons (Fsp3) is 0.933. The third-order valence-electron chi connectivity index (χ3n) is 5.09. The lowest BCUT2D eigenvalue weighted by Gasteiger charge is -2.36. The number of nitrogens with one attached hydrogen (secondary N) is 2. The molecule has 3 fully saturated rings. The molecule has 116 valence electrons. The molecule has 0 bridgehead atoms. The molecule has 0 aromatic heterocycles. The lowest BCUT2D eigenvalue weighted by molar-refractivity contribution is -0.123. The smallest absolute Gasteiger partial charge is 0.237 e. The number of nitrogens with zero attached hydrogens (tertiary/aromatic N) is 1. The summed E-state index contributed by atoms with van der Waals surface area (Å²) in [6, 6.07) is 1.33. The number of hydrogen-bond acceptors (Lipinski definition) is 3. The largest absolute Gasteiger partial charge is 0.352 e. The van der Waals surface area contributed by atoms with Gasteiger partial charge < -0.3 is 15.5 Å². The molecule has 0 radical (unpaired) electrons. The Hall–Kier alpha value is -0.320. The topological polar surface area (TPSA) is 44.4 Å². The molecule has 5 heteroatoms. The fourth-order valence-corrected chi connectivity index (χ4v) is 3.89. The average Bonchev–Trinajstić information content (AvgIpc) is 3.13. The number of hydrogen-bond donors (Lipinski definition) is 2. The Balaban J connectivity index is 0.00000147. The van der Waals surface area contributed by atoms with Crippen LogP contribution >= 0.6 is 12.4 Å². The second-order valence-electron chi connectivity index (χ2n) is 6.41. The maximum absolute atomic E-state index is 12.1. The summed E-state index contributed by atoms with van der Waals surface area (Å²) in [6.45, 7) is 3.35. The predicted octanol–water partition coefficient (Wildman–Crippen LogP) is 1.68. The zero-order chi connectivity index (χ0) is 13.1. The van der Waals surface area contributed by atoms with E-state index in [1.807, 2.05) is 0 Å². The van der Waals surface area contributed by atoms with Crippen molar-refractivity contribution in [3.63, 3.8) is 0 Å². The van der Waals surface area contributed by atoms with Crippen LogP contribution in [0.4, 0.5) is 0 Å². The molecule has 1 aliphatic carbocycles. The minimum Gasteiger partial charge on any atom is -0.352 e. The van der Waals surface area contributed by atoms with Gasteiger partial charge in [-0.1, -0.05) is 12.8 Å². The predicted molar refractivity (Wildman–Crippen MR) is 83.3 cm³/mol. The van der Waals surface area contributed by atoms with Crippen molar-refractivity contribution in [3.05, 3.63) is 0 Å². The molecule has 1 saturated carbocycles. The number of halogens is 1. The number of carbonyl (C=O) groups is 1. The van der Waals surface area contributed by atoms with E-state index in [-0.39, 0.29) is 24.4 Å². The van der Waals surface area contributed by atoms with Crippen molar-refractivity contribution < 1.29 is 4.79 Å². The highest BCUT2D eigenvalue weighted by Gasteiger charge is 2.29. The van der Waals surface area contributed by atoms with Gasteiger partial charge in [0.1, 0.15) is 0 Å². The molecule has 4 nitrogen and oxygen atoms in total. The zero-order valence-corrected chi connectivity index (χ0v) is 13.1. The lowest BCUT2D eigenvalue weighted by atomic mass is 10.0. The molecule has 2 heterocycles. The van der Waals surface area contributed by atoms with Gasteiger partial charge in [-0.25, -0.2) is 0 Å². The van der Waals surface area contributed by atoms with Crippen LogP contribution in [0.15, 0.2) is 0 Å². The van der Waals surface area contributed by atoms with Crippen LogP contribution in [-0.4, -0.2) is 48.6 Å². The van der Waals surface area contributed by atoms with Crippen LogP contribution in [0, 0.1) is 0 Å². The van der Waals surface area contributed by atoms with Crippen molar-refractivity contribution in [2.45, 2.75) is 69.5 Å². The molecule has 2 N–H and O–H groups in total. The first kappa shape index (κ1) is 16.1. The highest BCUT2D eigenvalue weighted by Crippen LogP contribution is 2.26. The molecular formula is C15H28ClN3O. The Morgan fingerprint density at radius 1 is 1.00 bits per heavy atom. The van der Waals surface area contributed by atoms with Gasteiger partial charge in [-0.2, -0.15) is 0 Å². The van der Waals surface area contributed by atoms with Gasteiger partial charge in [0.2, 0.25) is 5.91 Å².